The van der Waals surface area contributed by atoms with E-state index in [-0.39, 0.29) is 29.0 Å². The van der Waals surface area contributed by atoms with Crippen LogP contribution in [0, 0.1) is 11.7 Å². The number of pyridine rings is 2. The first-order chi connectivity index (χ1) is 15.1. The van der Waals surface area contributed by atoms with Crippen LogP contribution in [0.2, 0.25) is 0 Å². The van der Waals surface area contributed by atoms with Crippen molar-refractivity contribution in [2.24, 2.45) is 16.8 Å². The summed E-state index contributed by atoms with van der Waals surface area (Å²) >= 11 is 0. The Morgan fingerprint density at radius 1 is 1.41 bits per heavy atom. The number of rotatable bonds is 6. The van der Waals surface area contributed by atoms with Gasteiger partial charge in [0.2, 0.25) is 5.43 Å². The molecule has 2 fully saturated rings. The SMILES string of the molecule is CO/N=C1\CN(C2CC2n2cc(C(=O)OS(C)(=O)=O)c(=O)c3cc(F)cnc32)CC1CN. The summed E-state index contributed by atoms with van der Waals surface area (Å²) < 4.78 is 42.6. The standard InChI is InChI=1S/C19H22FN5O6S/c1-30-23-14-9-24(7-10(14)5-21)15-4-16(15)25-8-13(19(27)31-32(2,28)29)17(26)12-3-11(20)6-22-18(12)25/h3,6,8,10,15-16H,4-5,7,9,21H2,1-2H3/b23-14+. The van der Waals surface area contributed by atoms with E-state index in [0.717, 1.165) is 18.0 Å². The summed E-state index contributed by atoms with van der Waals surface area (Å²) in [4.78, 5) is 36.2. The van der Waals surface area contributed by atoms with Gasteiger partial charge in [0.05, 0.1) is 29.6 Å². The number of carbonyl (C=O) groups excluding carboxylic acids is 1. The van der Waals surface area contributed by atoms with Crippen LogP contribution in [0.5, 0.6) is 0 Å². The van der Waals surface area contributed by atoms with Crippen molar-refractivity contribution < 1.29 is 26.6 Å². The first-order valence-electron chi connectivity index (χ1n) is 9.81. The number of fused-ring (bicyclic) bond motifs is 1. The largest absolute Gasteiger partial charge is 0.399 e. The second kappa shape index (κ2) is 8.22. The van der Waals surface area contributed by atoms with Gasteiger partial charge in [0.25, 0.3) is 0 Å². The molecule has 1 aliphatic carbocycles. The number of hydrogen-bond donors (Lipinski definition) is 1. The van der Waals surface area contributed by atoms with Gasteiger partial charge >= 0.3 is 16.1 Å². The van der Waals surface area contributed by atoms with E-state index in [0.29, 0.717) is 32.3 Å². The van der Waals surface area contributed by atoms with Crippen LogP contribution in [0.15, 0.2) is 28.4 Å². The fourth-order valence-electron chi connectivity index (χ4n) is 4.12. The molecule has 3 atom stereocenters. The van der Waals surface area contributed by atoms with E-state index < -0.39 is 32.9 Å². The highest BCUT2D eigenvalue weighted by molar-refractivity contribution is 7.86. The van der Waals surface area contributed by atoms with Gasteiger partial charge in [-0.25, -0.2) is 14.2 Å². The van der Waals surface area contributed by atoms with Crippen LogP contribution in [0.25, 0.3) is 11.0 Å². The third-order valence-corrected chi connectivity index (χ3v) is 6.07. The molecule has 0 radical (unpaired) electrons. The highest BCUT2D eigenvalue weighted by atomic mass is 32.2. The van der Waals surface area contributed by atoms with Crippen LogP contribution in [-0.4, -0.2) is 73.6 Å². The molecule has 2 aromatic rings. The summed E-state index contributed by atoms with van der Waals surface area (Å²) in [5.41, 5.74) is 5.51. The molecule has 1 saturated heterocycles. The van der Waals surface area contributed by atoms with Crippen molar-refractivity contribution in [1.29, 1.82) is 0 Å². The van der Waals surface area contributed by atoms with Crippen molar-refractivity contribution in [2.75, 3.05) is 33.0 Å². The minimum absolute atomic E-state index is 0.0324. The first-order valence-corrected chi connectivity index (χ1v) is 11.6. The minimum Gasteiger partial charge on any atom is -0.399 e. The van der Waals surface area contributed by atoms with Crippen molar-refractivity contribution in [2.45, 2.75) is 18.5 Å². The fourth-order valence-corrected chi connectivity index (χ4v) is 4.49. The molecule has 2 aliphatic rings. The van der Waals surface area contributed by atoms with Crippen LogP contribution in [0.3, 0.4) is 0 Å². The summed E-state index contributed by atoms with van der Waals surface area (Å²) in [5.74, 6) is -2.03. The van der Waals surface area contributed by atoms with E-state index in [2.05, 4.69) is 19.2 Å². The van der Waals surface area contributed by atoms with E-state index in [4.69, 9.17) is 10.6 Å². The number of hydrogen-bond acceptors (Lipinski definition) is 10. The monoisotopic (exact) mass is 467 g/mol. The molecule has 0 bridgehead atoms. The number of likely N-dealkylation sites (tertiary alicyclic amines) is 1. The quantitative estimate of drug-likeness (QED) is 0.453. The van der Waals surface area contributed by atoms with E-state index in [1.807, 2.05) is 0 Å². The van der Waals surface area contributed by atoms with Gasteiger partial charge in [-0.15, -0.1) is 0 Å². The number of halogens is 1. The van der Waals surface area contributed by atoms with Gasteiger partial charge in [-0.1, -0.05) is 5.16 Å². The first kappa shape index (κ1) is 22.3. The maximum absolute atomic E-state index is 13.8. The van der Waals surface area contributed by atoms with Gasteiger partial charge in [0.1, 0.15) is 24.1 Å². The molecule has 13 heteroatoms. The van der Waals surface area contributed by atoms with Gasteiger partial charge in [-0.05, 0) is 12.5 Å². The summed E-state index contributed by atoms with van der Waals surface area (Å²) in [5, 5.41) is 3.91. The molecule has 3 heterocycles. The van der Waals surface area contributed by atoms with Crippen molar-refractivity contribution in [3.8, 4) is 0 Å². The molecule has 1 aliphatic heterocycles. The zero-order valence-corrected chi connectivity index (χ0v) is 18.2. The molecule has 2 aromatic heterocycles. The highest BCUT2D eigenvalue weighted by Gasteiger charge is 2.47. The van der Waals surface area contributed by atoms with Crippen LogP contribution in [0.4, 0.5) is 4.39 Å². The lowest BCUT2D eigenvalue weighted by molar-refractivity contribution is 0.0746. The number of nitrogens with zero attached hydrogens (tertiary/aromatic N) is 4. The zero-order valence-electron chi connectivity index (χ0n) is 17.4. The van der Waals surface area contributed by atoms with Crippen molar-refractivity contribution >= 4 is 32.8 Å². The van der Waals surface area contributed by atoms with E-state index in [9.17, 15) is 22.4 Å². The van der Waals surface area contributed by atoms with Gasteiger partial charge in [0.15, 0.2) is 0 Å². The second-order valence-electron chi connectivity index (χ2n) is 7.88. The Bertz CT molecular complexity index is 1280. The number of aromatic nitrogens is 2. The molecule has 3 unspecified atom stereocenters. The maximum Gasteiger partial charge on any atom is 0.359 e. The zero-order chi connectivity index (χ0) is 23.2. The fraction of sp³-hybridized carbons (Fsp3) is 0.474. The Hall–Kier alpha value is -2.90. The molecule has 172 valence electrons. The molecular weight excluding hydrogens is 445 g/mol. The topological polar surface area (TPSA) is 146 Å². The molecule has 11 nitrogen and oxygen atoms in total. The van der Waals surface area contributed by atoms with Crippen LogP contribution >= 0.6 is 0 Å². The Balaban J connectivity index is 1.72. The Morgan fingerprint density at radius 3 is 2.81 bits per heavy atom. The predicted molar refractivity (Wildman–Crippen MR) is 112 cm³/mol. The number of nitrogens with two attached hydrogens (primary N) is 1. The van der Waals surface area contributed by atoms with Crippen LogP contribution in [0.1, 0.15) is 22.8 Å². The molecule has 0 amide bonds. The van der Waals surface area contributed by atoms with Crippen LogP contribution < -0.4 is 11.2 Å². The van der Waals surface area contributed by atoms with Crippen LogP contribution in [-0.2, 0) is 19.1 Å². The van der Waals surface area contributed by atoms with Gasteiger partial charge in [-0.3, -0.25) is 9.69 Å². The third-order valence-electron chi connectivity index (χ3n) is 5.62. The van der Waals surface area contributed by atoms with Gasteiger partial charge < -0.3 is 19.3 Å². The van der Waals surface area contributed by atoms with Gasteiger partial charge in [-0.2, -0.15) is 8.42 Å². The van der Waals surface area contributed by atoms with E-state index in [1.54, 1.807) is 4.57 Å². The maximum atomic E-state index is 13.8. The van der Waals surface area contributed by atoms with Crippen molar-refractivity contribution in [3.05, 3.63) is 40.1 Å². The summed E-state index contributed by atoms with van der Waals surface area (Å²) in [6, 6.07) is 0.825. The van der Waals surface area contributed by atoms with Crippen molar-refractivity contribution in [1.82, 2.24) is 14.5 Å². The van der Waals surface area contributed by atoms with Crippen molar-refractivity contribution in [3.63, 3.8) is 0 Å². The average Bonchev–Trinajstić information content (AvgIpc) is 3.40. The average molecular weight is 467 g/mol. The number of carbonyl (C=O) groups is 1. The summed E-state index contributed by atoms with van der Waals surface area (Å²) in [6.45, 7) is 1.64. The lowest BCUT2D eigenvalue weighted by atomic mass is 10.1. The normalized spacial score (nSPS) is 24.8. The summed E-state index contributed by atoms with van der Waals surface area (Å²) in [7, 11) is -2.67. The molecule has 0 aromatic carbocycles. The third kappa shape index (κ3) is 4.23. The smallest absolute Gasteiger partial charge is 0.359 e. The molecule has 2 N–H and O–H groups in total. The van der Waals surface area contributed by atoms with E-state index >= 15 is 0 Å². The van der Waals surface area contributed by atoms with Gasteiger partial charge in [0, 0.05) is 37.8 Å². The predicted octanol–water partition coefficient (Wildman–Crippen LogP) is -0.142. The minimum atomic E-state index is -4.14. The Kier molecular flexibility index (Phi) is 5.73. The molecule has 32 heavy (non-hydrogen) atoms. The summed E-state index contributed by atoms with van der Waals surface area (Å²) in [6.07, 6.45) is 3.58. The second-order valence-corrected chi connectivity index (χ2v) is 9.45. The highest BCUT2D eigenvalue weighted by Crippen LogP contribution is 2.43. The Labute approximate surface area is 182 Å². The molecule has 1 saturated carbocycles. The lowest BCUT2D eigenvalue weighted by Crippen LogP contribution is -2.28. The lowest BCUT2D eigenvalue weighted by Gasteiger charge is -2.17. The molecular formula is C19H22FN5O6S. The number of oxime groups is 1. The Morgan fingerprint density at radius 2 is 2.16 bits per heavy atom. The molecule has 0 spiro atoms. The van der Waals surface area contributed by atoms with E-state index in [1.165, 1.54) is 13.3 Å². The molecule has 4 rings (SSSR count).